The van der Waals surface area contributed by atoms with E-state index in [-0.39, 0.29) is 16.5 Å². The minimum Gasteiger partial charge on any atom is -0.507 e. The Kier molecular flexibility index (Phi) is 8.23. The molecule has 1 saturated heterocycles. The highest BCUT2D eigenvalue weighted by molar-refractivity contribution is 8.00. The van der Waals surface area contributed by atoms with Crippen LogP contribution >= 0.6 is 46.3 Å². The first kappa shape index (κ1) is 27.2. The summed E-state index contributed by atoms with van der Waals surface area (Å²) in [5.74, 6) is -0.648. The number of ketones is 1. The Bertz CT molecular complexity index is 1540. The number of nitrogens with zero attached hydrogens (tertiary/aromatic N) is 3. The first-order valence-electron chi connectivity index (χ1n) is 11.9. The van der Waals surface area contributed by atoms with Gasteiger partial charge in [0.25, 0.3) is 5.78 Å². The fourth-order valence-corrected chi connectivity index (χ4v) is 6.18. The molecule has 1 aliphatic heterocycles. The average Bonchev–Trinajstić information content (AvgIpc) is 3.51. The van der Waals surface area contributed by atoms with Gasteiger partial charge in [-0.25, -0.2) is 0 Å². The fraction of sp³-hybridized carbons (Fsp3) is 0.143. The number of aromatic nitrogens is 2. The number of hydrogen-bond acceptors (Lipinski definition) is 8. The number of rotatable bonds is 8. The molecule has 1 N–H and O–H groups in total. The Morgan fingerprint density at radius 2 is 1.62 bits per heavy atom. The summed E-state index contributed by atoms with van der Waals surface area (Å²) in [5, 5.41) is 21.2. The van der Waals surface area contributed by atoms with Gasteiger partial charge in [-0.1, -0.05) is 70.6 Å². The van der Waals surface area contributed by atoms with Crippen molar-refractivity contribution in [1.82, 2.24) is 10.2 Å². The number of carbonyl (C=O) groups excluding carboxylic acids is 2. The third-order valence-electron chi connectivity index (χ3n) is 5.95. The van der Waals surface area contributed by atoms with Gasteiger partial charge in [-0.3, -0.25) is 14.5 Å². The summed E-state index contributed by atoms with van der Waals surface area (Å²) in [6, 6.07) is 20.0. The number of aliphatic hydroxyl groups is 1. The number of benzene rings is 3. The van der Waals surface area contributed by atoms with Crippen LogP contribution in [0.15, 0.2) is 82.7 Å². The lowest BCUT2D eigenvalue weighted by Gasteiger charge is -2.22. The van der Waals surface area contributed by atoms with E-state index < -0.39 is 17.7 Å². The molecule has 0 radical (unpaired) electrons. The molecule has 0 aliphatic carbocycles. The highest BCUT2D eigenvalue weighted by Gasteiger charge is 2.48. The van der Waals surface area contributed by atoms with E-state index in [9.17, 15) is 14.7 Å². The van der Waals surface area contributed by atoms with E-state index in [1.165, 1.54) is 28.0 Å². The van der Waals surface area contributed by atoms with E-state index >= 15 is 0 Å². The third-order valence-corrected chi connectivity index (χ3v) is 8.58. The first-order chi connectivity index (χ1) is 18.9. The predicted octanol–water partition coefficient (Wildman–Crippen LogP) is 7.16. The first-order valence-corrected chi connectivity index (χ1v) is 14.4. The largest absolute Gasteiger partial charge is 0.507 e. The van der Waals surface area contributed by atoms with E-state index in [2.05, 4.69) is 10.2 Å². The summed E-state index contributed by atoms with van der Waals surface area (Å²) >= 11 is 14.7. The van der Waals surface area contributed by atoms with Gasteiger partial charge < -0.3 is 9.84 Å². The molecule has 7 nitrogen and oxygen atoms in total. The second-order valence-corrected chi connectivity index (χ2v) is 11.5. The molecule has 1 amide bonds. The van der Waals surface area contributed by atoms with E-state index in [1.807, 2.05) is 31.2 Å². The molecule has 11 heteroatoms. The molecule has 1 fully saturated rings. The predicted molar refractivity (Wildman–Crippen MR) is 155 cm³/mol. The molecule has 39 heavy (non-hydrogen) atoms. The molecule has 0 spiro atoms. The van der Waals surface area contributed by atoms with E-state index in [0.717, 1.165) is 5.56 Å². The zero-order valence-corrected chi connectivity index (χ0v) is 23.7. The maximum Gasteiger partial charge on any atom is 0.301 e. The van der Waals surface area contributed by atoms with Crippen molar-refractivity contribution in [2.45, 2.75) is 23.1 Å². The number of carbonyl (C=O) groups is 2. The topological polar surface area (TPSA) is 92.6 Å². The van der Waals surface area contributed by atoms with Crippen molar-refractivity contribution in [3.05, 3.63) is 105 Å². The monoisotopic (exact) mass is 597 g/mol. The van der Waals surface area contributed by atoms with Crippen LogP contribution in [-0.2, 0) is 15.3 Å². The van der Waals surface area contributed by atoms with Gasteiger partial charge in [0, 0.05) is 21.4 Å². The van der Waals surface area contributed by atoms with Crippen molar-refractivity contribution in [3.8, 4) is 5.75 Å². The zero-order valence-electron chi connectivity index (χ0n) is 20.5. The molecule has 5 rings (SSSR count). The number of anilines is 1. The van der Waals surface area contributed by atoms with Crippen molar-refractivity contribution >= 4 is 68.9 Å². The number of Topliss-reactive ketones (excluding diaryl/α,β-unsaturated/α-hetero) is 1. The van der Waals surface area contributed by atoms with Gasteiger partial charge in [-0.2, -0.15) is 0 Å². The van der Waals surface area contributed by atoms with Crippen LogP contribution in [0.5, 0.6) is 5.75 Å². The summed E-state index contributed by atoms with van der Waals surface area (Å²) in [5.41, 5.74) is 1.98. The zero-order chi connectivity index (χ0) is 27.5. The lowest BCUT2D eigenvalue weighted by molar-refractivity contribution is -0.132. The van der Waals surface area contributed by atoms with Crippen molar-refractivity contribution < 1.29 is 19.4 Å². The van der Waals surface area contributed by atoms with Gasteiger partial charge >= 0.3 is 5.91 Å². The molecule has 1 atom stereocenters. The van der Waals surface area contributed by atoms with Gasteiger partial charge in [-0.05, 0) is 66.6 Å². The van der Waals surface area contributed by atoms with Crippen molar-refractivity contribution in [2.24, 2.45) is 0 Å². The van der Waals surface area contributed by atoms with Crippen molar-refractivity contribution in [2.75, 3.05) is 11.5 Å². The molecule has 0 bridgehead atoms. The Labute approximate surface area is 243 Å². The van der Waals surface area contributed by atoms with Crippen LogP contribution in [0.2, 0.25) is 10.0 Å². The van der Waals surface area contributed by atoms with Gasteiger partial charge in [-0.15, -0.1) is 10.2 Å². The maximum absolute atomic E-state index is 13.4. The lowest BCUT2D eigenvalue weighted by Crippen LogP contribution is -2.29. The van der Waals surface area contributed by atoms with Crippen molar-refractivity contribution in [3.63, 3.8) is 0 Å². The minimum atomic E-state index is -0.920. The molecule has 3 aromatic carbocycles. The van der Waals surface area contributed by atoms with Gasteiger partial charge in [0.2, 0.25) is 5.13 Å². The Hall–Kier alpha value is -3.37. The normalized spacial score (nSPS) is 16.6. The standard InChI is InChI=1S/C28H21Cl2N3O4S2/c1-2-37-21-13-7-18(8-14-21)24(34)22-23(17-5-11-20(30)12-6-17)33(26(36)25(22)35)27-31-32-28(39-27)38-15-16-3-9-19(29)10-4-16/h3-14,23,34H,2,15H2,1H3/b24-22-. The van der Waals surface area contributed by atoms with Gasteiger partial charge in [0.1, 0.15) is 11.5 Å². The highest BCUT2D eigenvalue weighted by Crippen LogP contribution is 2.44. The second-order valence-electron chi connectivity index (χ2n) is 8.44. The van der Waals surface area contributed by atoms with Crippen LogP contribution in [0, 0.1) is 0 Å². The fourth-order valence-electron chi connectivity index (χ4n) is 4.11. The molecular formula is C28H21Cl2N3O4S2. The Morgan fingerprint density at radius 3 is 2.26 bits per heavy atom. The van der Waals surface area contributed by atoms with Crippen molar-refractivity contribution in [1.29, 1.82) is 0 Å². The molecule has 4 aromatic rings. The molecular weight excluding hydrogens is 577 g/mol. The third kappa shape index (κ3) is 5.81. The van der Waals surface area contributed by atoms with Crippen LogP contribution < -0.4 is 9.64 Å². The minimum absolute atomic E-state index is 0.0444. The maximum atomic E-state index is 13.4. The van der Waals surface area contributed by atoms with Gasteiger partial charge in [0.15, 0.2) is 4.34 Å². The Morgan fingerprint density at radius 1 is 0.974 bits per heavy atom. The molecule has 0 saturated carbocycles. The van der Waals surface area contributed by atoms with Crippen LogP contribution in [0.4, 0.5) is 5.13 Å². The average molecular weight is 599 g/mol. The number of ether oxygens (including phenoxy) is 1. The SMILES string of the molecule is CCOc1ccc(/C(O)=C2/C(=O)C(=O)N(c3nnc(SCc4ccc(Cl)cc4)s3)C2c2ccc(Cl)cc2)cc1. The summed E-state index contributed by atoms with van der Waals surface area (Å²) in [6.45, 7) is 2.37. The number of amides is 1. The summed E-state index contributed by atoms with van der Waals surface area (Å²) in [6.07, 6.45) is 0. The molecule has 198 valence electrons. The smallest absolute Gasteiger partial charge is 0.301 e. The number of halogens is 2. The van der Waals surface area contributed by atoms with Crippen LogP contribution in [0.1, 0.15) is 29.7 Å². The van der Waals surface area contributed by atoms with E-state index in [1.54, 1.807) is 48.5 Å². The number of hydrogen-bond donors (Lipinski definition) is 1. The van der Waals surface area contributed by atoms with Crippen LogP contribution in [0.3, 0.4) is 0 Å². The lowest BCUT2D eigenvalue weighted by atomic mass is 9.95. The Balaban J connectivity index is 1.51. The molecule has 1 unspecified atom stereocenters. The van der Waals surface area contributed by atoms with E-state index in [4.69, 9.17) is 27.9 Å². The highest BCUT2D eigenvalue weighted by atomic mass is 35.5. The van der Waals surface area contributed by atoms with Crippen LogP contribution in [-0.4, -0.2) is 33.6 Å². The molecule has 1 aliphatic rings. The summed E-state index contributed by atoms with van der Waals surface area (Å²) in [7, 11) is 0. The summed E-state index contributed by atoms with van der Waals surface area (Å²) < 4.78 is 6.10. The van der Waals surface area contributed by atoms with Gasteiger partial charge in [0.05, 0.1) is 18.2 Å². The molecule has 2 heterocycles. The number of thioether (sulfide) groups is 1. The quantitative estimate of drug-likeness (QED) is 0.0756. The summed E-state index contributed by atoms with van der Waals surface area (Å²) in [4.78, 5) is 28.0. The van der Waals surface area contributed by atoms with Crippen LogP contribution in [0.25, 0.3) is 5.76 Å². The second kappa shape index (κ2) is 11.8. The molecule has 1 aromatic heterocycles. The number of aliphatic hydroxyl groups excluding tert-OH is 1. The van der Waals surface area contributed by atoms with E-state index in [0.29, 0.717) is 43.6 Å².